The first-order valence-corrected chi connectivity index (χ1v) is 10.5. The zero-order valence-corrected chi connectivity index (χ0v) is 20.6. The number of nitrogens with one attached hydrogen (secondary N) is 2. The second-order valence-corrected chi connectivity index (χ2v) is 7.33. The van der Waals surface area contributed by atoms with Crippen molar-refractivity contribution in [2.75, 3.05) is 58.3 Å². The van der Waals surface area contributed by atoms with E-state index < -0.39 is 0 Å². The third-order valence-electron chi connectivity index (χ3n) is 5.35. The van der Waals surface area contributed by atoms with Gasteiger partial charge < -0.3 is 20.3 Å². The minimum Gasteiger partial charge on any atom is -0.497 e. The molecular formula is C23H33FIN5O. The Labute approximate surface area is 201 Å². The van der Waals surface area contributed by atoms with Gasteiger partial charge in [-0.15, -0.1) is 24.0 Å². The van der Waals surface area contributed by atoms with Crippen LogP contribution in [0.15, 0.2) is 53.5 Å². The highest BCUT2D eigenvalue weighted by molar-refractivity contribution is 14.0. The minimum atomic E-state index is -0.135. The van der Waals surface area contributed by atoms with E-state index in [1.54, 1.807) is 20.2 Å². The molecule has 0 bridgehead atoms. The number of para-hydroxylation sites is 1. The number of benzene rings is 2. The molecule has 1 aliphatic heterocycles. The Kier molecular flexibility index (Phi) is 10.9. The van der Waals surface area contributed by atoms with Gasteiger partial charge in [0.25, 0.3) is 0 Å². The van der Waals surface area contributed by atoms with Crippen molar-refractivity contribution in [1.29, 1.82) is 0 Å². The lowest BCUT2D eigenvalue weighted by Gasteiger charge is -2.36. The lowest BCUT2D eigenvalue weighted by atomic mass is 10.2. The molecule has 8 heteroatoms. The van der Waals surface area contributed by atoms with Crippen LogP contribution in [-0.4, -0.2) is 64.3 Å². The molecule has 0 atom stereocenters. The Morgan fingerprint density at radius 3 is 2.39 bits per heavy atom. The summed E-state index contributed by atoms with van der Waals surface area (Å²) in [6.45, 7) is 6.22. The van der Waals surface area contributed by atoms with Gasteiger partial charge in [0.05, 0.1) is 12.8 Å². The topological polar surface area (TPSA) is 52.1 Å². The first kappa shape index (κ1) is 25.2. The summed E-state index contributed by atoms with van der Waals surface area (Å²) in [6.07, 6.45) is 1.03. The highest BCUT2D eigenvalue weighted by atomic mass is 127. The summed E-state index contributed by atoms with van der Waals surface area (Å²) < 4.78 is 19.1. The van der Waals surface area contributed by atoms with Crippen LogP contribution >= 0.6 is 24.0 Å². The van der Waals surface area contributed by atoms with E-state index in [0.29, 0.717) is 12.2 Å². The molecule has 1 aliphatic rings. The zero-order valence-electron chi connectivity index (χ0n) is 18.3. The average molecular weight is 541 g/mol. The van der Waals surface area contributed by atoms with Gasteiger partial charge in [0.1, 0.15) is 11.6 Å². The molecule has 1 fully saturated rings. The van der Waals surface area contributed by atoms with E-state index in [1.807, 2.05) is 36.4 Å². The fourth-order valence-corrected chi connectivity index (χ4v) is 3.58. The van der Waals surface area contributed by atoms with Gasteiger partial charge in [-0.25, -0.2) is 4.39 Å². The van der Waals surface area contributed by atoms with Crippen LogP contribution in [0.25, 0.3) is 0 Å². The molecule has 0 aromatic heterocycles. The smallest absolute Gasteiger partial charge is 0.191 e. The maximum absolute atomic E-state index is 13.9. The van der Waals surface area contributed by atoms with E-state index in [4.69, 9.17) is 4.74 Å². The van der Waals surface area contributed by atoms with Gasteiger partial charge >= 0.3 is 0 Å². The third kappa shape index (κ3) is 7.84. The number of anilines is 1. The molecule has 0 radical (unpaired) electrons. The minimum absolute atomic E-state index is 0. The average Bonchev–Trinajstić information content (AvgIpc) is 2.80. The van der Waals surface area contributed by atoms with Gasteiger partial charge in [-0.1, -0.05) is 24.3 Å². The van der Waals surface area contributed by atoms with Crippen molar-refractivity contribution in [1.82, 2.24) is 15.5 Å². The van der Waals surface area contributed by atoms with Crippen LogP contribution in [0.5, 0.6) is 5.75 Å². The fourth-order valence-electron chi connectivity index (χ4n) is 3.58. The third-order valence-corrected chi connectivity index (χ3v) is 5.35. The SMILES string of the molecule is CN=C(NCCCN1CCN(c2ccccc2F)CC1)NCc1ccc(OC)cc1.I. The Bertz CT molecular complexity index is 810. The highest BCUT2D eigenvalue weighted by Gasteiger charge is 2.18. The molecular weight excluding hydrogens is 508 g/mol. The van der Waals surface area contributed by atoms with Crippen molar-refractivity contribution in [3.05, 3.63) is 59.9 Å². The molecule has 1 heterocycles. The maximum Gasteiger partial charge on any atom is 0.191 e. The van der Waals surface area contributed by atoms with Gasteiger partial charge in [0, 0.05) is 46.3 Å². The number of nitrogens with zero attached hydrogens (tertiary/aromatic N) is 3. The normalized spacial score (nSPS) is 14.7. The van der Waals surface area contributed by atoms with Crippen molar-refractivity contribution < 1.29 is 9.13 Å². The van der Waals surface area contributed by atoms with Crippen LogP contribution in [0.1, 0.15) is 12.0 Å². The number of rotatable bonds is 8. The van der Waals surface area contributed by atoms with Gasteiger partial charge in [-0.2, -0.15) is 0 Å². The molecule has 0 saturated carbocycles. The highest BCUT2D eigenvalue weighted by Crippen LogP contribution is 2.20. The number of hydrogen-bond acceptors (Lipinski definition) is 4. The first-order chi connectivity index (χ1) is 14.7. The zero-order chi connectivity index (χ0) is 21.2. The Hall–Kier alpha value is -2.07. The summed E-state index contributed by atoms with van der Waals surface area (Å²) in [5.41, 5.74) is 1.89. The summed E-state index contributed by atoms with van der Waals surface area (Å²) in [7, 11) is 3.45. The van der Waals surface area contributed by atoms with Crippen LogP contribution in [0, 0.1) is 5.82 Å². The molecule has 0 spiro atoms. The predicted molar refractivity (Wildman–Crippen MR) is 136 cm³/mol. The van der Waals surface area contributed by atoms with Gasteiger partial charge in [0.2, 0.25) is 0 Å². The Morgan fingerprint density at radius 1 is 1.03 bits per heavy atom. The number of halogens is 2. The van der Waals surface area contributed by atoms with Crippen LogP contribution in [0.3, 0.4) is 0 Å². The number of aliphatic imine (C=N–C) groups is 1. The van der Waals surface area contributed by atoms with E-state index in [9.17, 15) is 4.39 Å². The van der Waals surface area contributed by atoms with Crippen molar-refractivity contribution in [2.45, 2.75) is 13.0 Å². The molecule has 2 aromatic rings. The standard InChI is InChI=1S/C23H32FN5O.HI/c1-25-23(27-18-19-8-10-20(30-2)11-9-19)26-12-5-13-28-14-16-29(17-15-28)22-7-4-3-6-21(22)24;/h3-4,6-11H,5,12-18H2,1-2H3,(H2,25,26,27);1H. The number of hydrogen-bond donors (Lipinski definition) is 2. The Balaban J connectivity index is 0.00000341. The summed E-state index contributed by atoms with van der Waals surface area (Å²) in [4.78, 5) is 8.86. The van der Waals surface area contributed by atoms with Crippen LogP contribution in [0.2, 0.25) is 0 Å². The summed E-state index contributed by atoms with van der Waals surface area (Å²) in [5.74, 6) is 1.52. The number of ether oxygens (including phenoxy) is 1. The predicted octanol–water partition coefficient (Wildman–Crippen LogP) is 3.33. The lowest BCUT2D eigenvalue weighted by molar-refractivity contribution is 0.254. The molecule has 1 saturated heterocycles. The fraction of sp³-hybridized carbons (Fsp3) is 0.435. The summed E-state index contributed by atoms with van der Waals surface area (Å²) in [6, 6.07) is 15.0. The van der Waals surface area contributed by atoms with Crippen LogP contribution < -0.4 is 20.3 Å². The second-order valence-electron chi connectivity index (χ2n) is 7.33. The van der Waals surface area contributed by atoms with E-state index in [0.717, 1.165) is 57.4 Å². The van der Waals surface area contributed by atoms with Crippen molar-refractivity contribution in [3.8, 4) is 5.75 Å². The van der Waals surface area contributed by atoms with Crippen molar-refractivity contribution in [3.63, 3.8) is 0 Å². The van der Waals surface area contributed by atoms with Crippen molar-refractivity contribution in [2.24, 2.45) is 4.99 Å². The van der Waals surface area contributed by atoms with E-state index >= 15 is 0 Å². The van der Waals surface area contributed by atoms with E-state index in [-0.39, 0.29) is 29.8 Å². The molecule has 0 amide bonds. The monoisotopic (exact) mass is 541 g/mol. The van der Waals surface area contributed by atoms with Gasteiger partial charge in [-0.3, -0.25) is 9.89 Å². The van der Waals surface area contributed by atoms with E-state index in [1.165, 1.54) is 11.6 Å². The molecule has 0 unspecified atom stereocenters. The van der Waals surface area contributed by atoms with Crippen LogP contribution in [0.4, 0.5) is 10.1 Å². The van der Waals surface area contributed by atoms with Crippen LogP contribution in [-0.2, 0) is 6.54 Å². The maximum atomic E-state index is 13.9. The summed E-state index contributed by atoms with van der Waals surface area (Å²) >= 11 is 0. The molecule has 0 aliphatic carbocycles. The molecule has 170 valence electrons. The molecule has 31 heavy (non-hydrogen) atoms. The summed E-state index contributed by atoms with van der Waals surface area (Å²) in [5, 5.41) is 6.70. The molecule has 2 aromatic carbocycles. The molecule has 3 rings (SSSR count). The Morgan fingerprint density at radius 2 is 1.74 bits per heavy atom. The number of guanidine groups is 1. The number of methoxy groups -OCH3 is 1. The van der Waals surface area contributed by atoms with Gasteiger partial charge in [0.15, 0.2) is 5.96 Å². The van der Waals surface area contributed by atoms with E-state index in [2.05, 4.69) is 25.4 Å². The first-order valence-electron chi connectivity index (χ1n) is 10.5. The van der Waals surface area contributed by atoms with Crippen molar-refractivity contribution >= 4 is 35.6 Å². The molecule has 2 N–H and O–H groups in total. The number of piperazine rings is 1. The lowest BCUT2D eigenvalue weighted by Crippen LogP contribution is -2.47. The molecule has 6 nitrogen and oxygen atoms in total. The quantitative estimate of drug-likeness (QED) is 0.233. The van der Waals surface area contributed by atoms with Gasteiger partial charge in [-0.05, 0) is 42.8 Å². The second kappa shape index (κ2) is 13.4. The largest absolute Gasteiger partial charge is 0.497 e.